The number of carbonyl (C=O) groups excluding carboxylic acids is 1. The van der Waals surface area contributed by atoms with Crippen molar-refractivity contribution in [1.29, 1.82) is 0 Å². The minimum absolute atomic E-state index is 0.0110. The molecule has 0 heterocycles. The molecule has 2 N–H and O–H groups in total. The first-order valence-electron chi connectivity index (χ1n) is 6.60. The highest BCUT2D eigenvalue weighted by Gasteiger charge is 2.38. The maximum absolute atomic E-state index is 12.6. The van der Waals surface area contributed by atoms with Crippen LogP contribution in [0, 0.1) is 5.41 Å². The molecule has 19 heavy (non-hydrogen) atoms. The SMILES string of the molecule is COc1cccc(OC)c1C(=O)CC1(CN)CCC1. The Morgan fingerprint density at radius 1 is 1.26 bits per heavy atom. The van der Waals surface area contributed by atoms with E-state index in [1.165, 1.54) is 0 Å². The average Bonchev–Trinajstić information content (AvgIpc) is 2.41. The quantitative estimate of drug-likeness (QED) is 0.801. The highest BCUT2D eigenvalue weighted by molar-refractivity contribution is 6.01. The first-order valence-corrected chi connectivity index (χ1v) is 6.60. The molecule has 0 unspecified atom stereocenters. The van der Waals surface area contributed by atoms with E-state index in [2.05, 4.69) is 0 Å². The molecule has 104 valence electrons. The van der Waals surface area contributed by atoms with Crippen molar-refractivity contribution >= 4 is 5.78 Å². The number of hydrogen-bond acceptors (Lipinski definition) is 4. The van der Waals surface area contributed by atoms with E-state index in [0.717, 1.165) is 19.3 Å². The van der Waals surface area contributed by atoms with Crippen molar-refractivity contribution in [3.05, 3.63) is 23.8 Å². The molecule has 0 spiro atoms. The van der Waals surface area contributed by atoms with Crippen molar-refractivity contribution in [3.63, 3.8) is 0 Å². The van der Waals surface area contributed by atoms with Crippen LogP contribution in [-0.2, 0) is 0 Å². The first kappa shape index (κ1) is 13.9. The fourth-order valence-corrected chi connectivity index (χ4v) is 2.68. The van der Waals surface area contributed by atoms with Gasteiger partial charge in [-0.05, 0) is 36.9 Å². The summed E-state index contributed by atoms with van der Waals surface area (Å²) in [6.45, 7) is 0.566. The molecule has 4 heteroatoms. The zero-order valence-electron chi connectivity index (χ0n) is 11.6. The minimum atomic E-state index is -0.0110. The lowest BCUT2D eigenvalue weighted by atomic mass is 9.65. The van der Waals surface area contributed by atoms with E-state index < -0.39 is 0 Å². The number of benzene rings is 1. The Hall–Kier alpha value is -1.55. The minimum Gasteiger partial charge on any atom is -0.496 e. The van der Waals surface area contributed by atoms with Gasteiger partial charge in [-0.25, -0.2) is 0 Å². The Kier molecular flexibility index (Phi) is 4.10. The van der Waals surface area contributed by atoms with Crippen LogP contribution in [0.5, 0.6) is 11.5 Å². The van der Waals surface area contributed by atoms with Gasteiger partial charge in [0.1, 0.15) is 17.1 Å². The van der Waals surface area contributed by atoms with Crippen molar-refractivity contribution in [2.45, 2.75) is 25.7 Å². The number of Topliss-reactive ketones (excluding diaryl/α,β-unsaturated/α-hetero) is 1. The topological polar surface area (TPSA) is 61.5 Å². The summed E-state index contributed by atoms with van der Waals surface area (Å²) in [6, 6.07) is 5.38. The molecular weight excluding hydrogens is 242 g/mol. The zero-order chi connectivity index (χ0) is 13.9. The summed E-state index contributed by atoms with van der Waals surface area (Å²) >= 11 is 0. The summed E-state index contributed by atoms with van der Waals surface area (Å²) in [5.41, 5.74) is 6.35. The Bertz CT molecular complexity index is 439. The van der Waals surface area contributed by atoms with E-state index in [1.807, 2.05) is 6.07 Å². The second-order valence-electron chi connectivity index (χ2n) is 5.20. The lowest BCUT2D eigenvalue weighted by Crippen LogP contribution is -2.39. The van der Waals surface area contributed by atoms with E-state index in [9.17, 15) is 4.79 Å². The summed E-state index contributed by atoms with van der Waals surface area (Å²) in [5, 5.41) is 0. The summed E-state index contributed by atoms with van der Waals surface area (Å²) in [7, 11) is 3.13. The monoisotopic (exact) mass is 263 g/mol. The third-order valence-corrected chi connectivity index (χ3v) is 4.09. The smallest absolute Gasteiger partial charge is 0.170 e. The Labute approximate surface area is 113 Å². The van der Waals surface area contributed by atoms with Crippen LogP contribution in [0.25, 0.3) is 0 Å². The van der Waals surface area contributed by atoms with Crippen LogP contribution in [0.1, 0.15) is 36.0 Å². The molecule has 0 radical (unpaired) electrons. The van der Waals surface area contributed by atoms with Crippen LogP contribution >= 0.6 is 0 Å². The predicted molar refractivity (Wildman–Crippen MR) is 73.8 cm³/mol. The second-order valence-corrected chi connectivity index (χ2v) is 5.20. The highest BCUT2D eigenvalue weighted by Crippen LogP contribution is 2.44. The van der Waals surface area contributed by atoms with Crippen molar-refractivity contribution < 1.29 is 14.3 Å². The van der Waals surface area contributed by atoms with Gasteiger partial charge in [0.05, 0.1) is 14.2 Å². The van der Waals surface area contributed by atoms with Crippen LogP contribution in [0.2, 0.25) is 0 Å². The summed E-state index contributed by atoms with van der Waals surface area (Å²) in [5.74, 6) is 1.19. The lowest BCUT2D eigenvalue weighted by Gasteiger charge is -2.40. The second kappa shape index (κ2) is 5.61. The van der Waals surface area contributed by atoms with E-state index in [4.69, 9.17) is 15.2 Å². The molecule has 4 nitrogen and oxygen atoms in total. The largest absolute Gasteiger partial charge is 0.496 e. The summed E-state index contributed by atoms with van der Waals surface area (Å²) in [6.07, 6.45) is 3.70. The third kappa shape index (κ3) is 2.59. The summed E-state index contributed by atoms with van der Waals surface area (Å²) < 4.78 is 10.6. The van der Waals surface area contributed by atoms with Crippen molar-refractivity contribution in [1.82, 2.24) is 0 Å². The van der Waals surface area contributed by atoms with E-state index >= 15 is 0 Å². The molecule has 0 saturated heterocycles. The third-order valence-electron chi connectivity index (χ3n) is 4.09. The molecule has 1 aliphatic carbocycles. The Morgan fingerprint density at radius 3 is 2.21 bits per heavy atom. The number of methoxy groups -OCH3 is 2. The Balaban J connectivity index is 2.27. The average molecular weight is 263 g/mol. The molecular formula is C15H21NO3. The van der Waals surface area contributed by atoms with Crippen molar-refractivity contribution in [2.24, 2.45) is 11.1 Å². The van der Waals surface area contributed by atoms with Crippen LogP contribution in [0.3, 0.4) is 0 Å². The highest BCUT2D eigenvalue weighted by atomic mass is 16.5. The van der Waals surface area contributed by atoms with Crippen molar-refractivity contribution in [2.75, 3.05) is 20.8 Å². The number of ether oxygens (including phenoxy) is 2. The van der Waals surface area contributed by atoms with Crippen LogP contribution in [0.4, 0.5) is 0 Å². The molecule has 2 rings (SSSR count). The molecule has 1 aliphatic rings. The fraction of sp³-hybridized carbons (Fsp3) is 0.533. The van der Waals surface area contributed by atoms with E-state index in [0.29, 0.717) is 30.0 Å². The standard InChI is InChI=1S/C15H21NO3/c1-18-12-5-3-6-13(19-2)14(12)11(17)9-15(10-16)7-4-8-15/h3,5-6H,4,7-10,16H2,1-2H3. The summed E-state index contributed by atoms with van der Waals surface area (Å²) in [4.78, 5) is 12.6. The number of ketones is 1. The first-order chi connectivity index (χ1) is 9.15. The van der Waals surface area contributed by atoms with Gasteiger partial charge in [-0.2, -0.15) is 0 Å². The molecule has 1 aromatic carbocycles. The van der Waals surface area contributed by atoms with Gasteiger partial charge >= 0.3 is 0 Å². The molecule has 0 amide bonds. The maximum atomic E-state index is 12.6. The van der Waals surface area contributed by atoms with Crippen LogP contribution in [-0.4, -0.2) is 26.5 Å². The molecule has 0 atom stereocenters. The Morgan fingerprint density at radius 2 is 1.84 bits per heavy atom. The molecule has 0 bridgehead atoms. The van der Waals surface area contributed by atoms with Gasteiger partial charge in [-0.1, -0.05) is 12.5 Å². The van der Waals surface area contributed by atoms with Gasteiger partial charge < -0.3 is 15.2 Å². The van der Waals surface area contributed by atoms with Crippen LogP contribution < -0.4 is 15.2 Å². The van der Waals surface area contributed by atoms with Gasteiger partial charge in [0.2, 0.25) is 0 Å². The van der Waals surface area contributed by atoms with Gasteiger partial charge in [-0.3, -0.25) is 4.79 Å². The zero-order valence-corrected chi connectivity index (χ0v) is 11.6. The van der Waals surface area contributed by atoms with Gasteiger partial charge in [0.25, 0.3) is 0 Å². The van der Waals surface area contributed by atoms with Crippen LogP contribution in [0.15, 0.2) is 18.2 Å². The number of hydrogen-bond donors (Lipinski definition) is 1. The number of nitrogens with two attached hydrogens (primary N) is 1. The van der Waals surface area contributed by atoms with Gasteiger partial charge in [0.15, 0.2) is 5.78 Å². The molecule has 1 aromatic rings. The van der Waals surface area contributed by atoms with Gasteiger partial charge in [-0.15, -0.1) is 0 Å². The van der Waals surface area contributed by atoms with Gasteiger partial charge in [0, 0.05) is 6.42 Å². The predicted octanol–water partition coefficient (Wildman–Crippen LogP) is 2.41. The molecule has 1 saturated carbocycles. The molecule has 0 aliphatic heterocycles. The lowest BCUT2D eigenvalue weighted by molar-refractivity contribution is 0.0780. The number of rotatable bonds is 6. The fourth-order valence-electron chi connectivity index (χ4n) is 2.68. The normalized spacial score (nSPS) is 16.6. The molecule has 0 aromatic heterocycles. The van der Waals surface area contributed by atoms with Crippen molar-refractivity contribution in [3.8, 4) is 11.5 Å². The van der Waals surface area contributed by atoms with E-state index in [1.54, 1.807) is 26.4 Å². The van der Waals surface area contributed by atoms with E-state index in [-0.39, 0.29) is 11.2 Å². The number of carbonyl (C=O) groups is 1. The molecule has 1 fully saturated rings. The maximum Gasteiger partial charge on any atom is 0.170 e.